The molecule has 0 atom stereocenters. The van der Waals surface area contributed by atoms with Crippen molar-refractivity contribution in [3.63, 3.8) is 0 Å². The predicted octanol–water partition coefficient (Wildman–Crippen LogP) is 2.53. The summed E-state index contributed by atoms with van der Waals surface area (Å²) in [5, 5.41) is 15.7. The molecule has 0 heterocycles. The van der Waals surface area contributed by atoms with E-state index in [1.54, 1.807) is 25.3 Å². The average molecular weight is 284 g/mol. The smallest absolute Gasteiger partial charge is 0.170 e. The molecule has 2 N–H and O–H groups in total. The van der Waals surface area contributed by atoms with Gasteiger partial charge >= 0.3 is 0 Å². The second-order valence-electron chi connectivity index (χ2n) is 3.53. The van der Waals surface area contributed by atoms with Gasteiger partial charge in [0.15, 0.2) is 5.11 Å². The van der Waals surface area contributed by atoms with Crippen LogP contribution in [0.4, 0.5) is 5.69 Å². The highest BCUT2D eigenvalue weighted by molar-refractivity contribution is 7.80. The number of nitrogens with zero attached hydrogens (tertiary/aromatic N) is 1. The van der Waals surface area contributed by atoms with E-state index in [9.17, 15) is 0 Å². The predicted molar refractivity (Wildman–Crippen MR) is 76.9 cm³/mol. The summed E-state index contributed by atoms with van der Waals surface area (Å²) in [5.41, 5.74) is 1.20. The van der Waals surface area contributed by atoms with Gasteiger partial charge < -0.3 is 15.4 Å². The largest absolute Gasteiger partial charge is 0.385 e. The molecule has 0 saturated heterocycles. The number of ether oxygens (including phenoxy) is 1. The first-order valence-corrected chi connectivity index (χ1v) is 6.19. The Morgan fingerprint density at radius 1 is 1.56 bits per heavy atom. The van der Waals surface area contributed by atoms with Crippen LogP contribution in [0.3, 0.4) is 0 Å². The average Bonchev–Trinajstić information content (AvgIpc) is 2.37. The monoisotopic (exact) mass is 283 g/mol. The fourth-order valence-electron chi connectivity index (χ4n) is 1.27. The van der Waals surface area contributed by atoms with Crippen LogP contribution >= 0.6 is 23.8 Å². The molecule has 0 unspecified atom stereocenters. The van der Waals surface area contributed by atoms with E-state index < -0.39 is 0 Å². The normalized spacial score (nSPS) is 9.61. The molecule has 1 rings (SSSR count). The Labute approximate surface area is 117 Å². The molecule has 6 heteroatoms. The summed E-state index contributed by atoms with van der Waals surface area (Å²) in [6.07, 6.45) is 0.874. The second-order valence-corrected chi connectivity index (χ2v) is 4.35. The summed E-state index contributed by atoms with van der Waals surface area (Å²) in [7, 11) is 1.66. The van der Waals surface area contributed by atoms with Crippen LogP contribution in [0.1, 0.15) is 12.0 Å². The standard InChI is InChI=1S/C12H14ClN3OS/c1-17-6-2-5-15-12(18)16-11-4-3-9(8-14)7-10(11)13/h3-4,7H,2,5-6H2,1H3,(H2,15,16,18). The van der Waals surface area contributed by atoms with Gasteiger partial charge in [-0.15, -0.1) is 0 Å². The van der Waals surface area contributed by atoms with E-state index in [1.165, 1.54) is 0 Å². The van der Waals surface area contributed by atoms with E-state index in [0.29, 0.717) is 28.0 Å². The van der Waals surface area contributed by atoms with Gasteiger partial charge in [0.05, 0.1) is 22.3 Å². The zero-order chi connectivity index (χ0) is 13.4. The quantitative estimate of drug-likeness (QED) is 0.642. The topological polar surface area (TPSA) is 57.1 Å². The number of nitrogens with one attached hydrogen (secondary N) is 2. The number of halogens is 1. The molecule has 0 fully saturated rings. The molecule has 4 nitrogen and oxygen atoms in total. The fourth-order valence-corrected chi connectivity index (χ4v) is 1.71. The van der Waals surface area contributed by atoms with Crippen LogP contribution in [0.5, 0.6) is 0 Å². The van der Waals surface area contributed by atoms with Crippen LogP contribution in [-0.2, 0) is 4.74 Å². The summed E-state index contributed by atoms with van der Waals surface area (Å²) < 4.78 is 4.93. The lowest BCUT2D eigenvalue weighted by Gasteiger charge is -2.11. The number of rotatable bonds is 5. The molecule has 96 valence electrons. The summed E-state index contributed by atoms with van der Waals surface area (Å²) in [4.78, 5) is 0. The number of anilines is 1. The molecular formula is C12H14ClN3OS. The molecule has 18 heavy (non-hydrogen) atoms. The van der Waals surface area contributed by atoms with Gasteiger partial charge in [-0.1, -0.05) is 11.6 Å². The lowest BCUT2D eigenvalue weighted by atomic mass is 10.2. The van der Waals surface area contributed by atoms with Crippen LogP contribution < -0.4 is 10.6 Å². The lowest BCUT2D eigenvalue weighted by molar-refractivity contribution is 0.196. The van der Waals surface area contributed by atoms with Gasteiger partial charge in [-0.3, -0.25) is 0 Å². The third kappa shape index (κ3) is 4.88. The van der Waals surface area contributed by atoms with Gasteiger partial charge in [-0.25, -0.2) is 0 Å². The van der Waals surface area contributed by atoms with Crippen LogP contribution in [-0.4, -0.2) is 25.4 Å². The van der Waals surface area contributed by atoms with Crippen molar-refractivity contribution in [3.05, 3.63) is 28.8 Å². The number of hydrogen-bond donors (Lipinski definition) is 2. The van der Waals surface area contributed by atoms with E-state index in [2.05, 4.69) is 10.6 Å². The van der Waals surface area contributed by atoms with Gasteiger partial charge in [-0.2, -0.15) is 5.26 Å². The molecule has 0 spiro atoms. The van der Waals surface area contributed by atoms with Crippen molar-refractivity contribution in [2.24, 2.45) is 0 Å². The van der Waals surface area contributed by atoms with E-state index >= 15 is 0 Å². The Morgan fingerprint density at radius 2 is 2.33 bits per heavy atom. The maximum Gasteiger partial charge on any atom is 0.170 e. The Morgan fingerprint density at radius 3 is 2.94 bits per heavy atom. The molecular weight excluding hydrogens is 270 g/mol. The lowest BCUT2D eigenvalue weighted by Crippen LogP contribution is -2.29. The van der Waals surface area contributed by atoms with Crippen molar-refractivity contribution in [1.29, 1.82) is 5.26 Å². The Bertz CT molecular complexity index is 459. The van der Waals surface area contributed by atoms with E-state index in [4.69, 9.17) is 33.8 Å². The molecule has 0 saturated carbocycles. The zero-order valence-corrected chi connectivity index (χ0v) is 11.6. The van der Waals surface area contributed by atoms with Crippen LogP contribution in [0, 0.1) is 11.3 Å². The third-order valence-electron chi connectivity index (χ3n) is 2.16. The number of hydrogen-bond acceptors (Lipinski definition) is 3. The highest BCUT2D eigenvalue weighted by Crippen LogP contribution is 2.22. The number of thiocarbonyl (C=S) groups is 1. The first kappa shape index (κ1) is 14.7. The maximum atomic E-state index is 8.72. The SMILES string of the molecule is COCCCNC(=S)Nc1ccc(C#N)cc1Cl. The summed E-state index contributed by atoms with van der Waals surface area (Å²) in [6.45, 7) is 1.42. The van der Waals surface area contributed by atoms with Crippen molar-refractivity contribution >= 4 is 34.6 Å². The Kier molecular flexibility index (Phi) is 6.44. The van der Waals surface area contributed by atoms with Gasteiger partial charge in [0.1, 0.15) is 0 Å². The minimum Gasteiger partial charge on any atom is -0.385 e. The molecule has 0 amide bonds. The highest BCUT2D eigenvalue weighted by atomic mass is 35.5. The molecule has 0 aliphatic rings. The number of benzene rings is 1. The Balaban J connectivity index is 2.47. The fraction of sp³-hybridized carbons (Fsp3) is 0.333. The Hall–Kier alpha value is -1.35. The number of methoxy groups -OCH3 is 1. The molecule has 0 radical (unpaired) electrons. The van der Waals surface area contributed by atoms with Crippen molar-refractivity contribution in [3.8, 4) is 6.07 Å². The van der Waals surface area contributed by atoms with Crippen molar-refractivity contribution in [1.82, 2.24) is 5.32 Å². The van der Waals surface area contributed by atoms with Gasteiger partial charge in [0.25, 0.3) is 0 Å². The third-order valence-corrected chi connectivity index (χ3v) is 2.72. The first-order chi connectivity index (χ1) is 8.67. The van der Waals surface area contributed by atoms with Crippen molar-refractivity contribution in [2.45, 2.75) is 6.42 Å². The van der Waals surface area contributed by atoms with Gasteiger partial charge in [-0.05, 0) is 36.8 Å². The van der Waals surface area contributed by atoms with Gasteiger partial charge in [0.2, 0.25) is 0 Å². The summed E-state index contributed by atoms with van der Waals surface area (Å²) >= 11 is 11.1. The summed E-state index contributed by atoms with van der Waals surface area (Å²) in [5.74, 6) is 0. The molecule has 0 bridgehead atoms. The molecule has 1 aromatic rings. The first-order valence-electron chi connectivity index (χ1n) is 5.41. The maximum absolute atomic E-state index is 8.72. The van der Waals surface area contributed by atoms with E-state index in [1.807, 2.05) is 6.07 Å². The van der Waals surface area contributed by atoms with E-state index in [-0.39, 0.29) is 0 Å². The van der Waals surface area contributed by atoms with Crippen LogP contribution in [0.25, 0.3) is 0 Å². The van der Waals surface area contributed by atoms with Crippen molar-refractivity contribution in [2.75, 3.05) is 25.6 Å². The van der Waals surface area contributed by atoms with Crippen molar-refractivity contribution < 1.29 is 4.74 Å². The zero-order valence-electron chi connectivity index (χ0n) is 10.00. The molecule has 0 aliphatic heterocycles. The molecule has 0 aliphatic carbocycles. The second kappa shape index (κ2) is 7.88. The van der Waals surface area contributed by atoms with E-state index in [0.717, 1.165) is 13.0 Å². The molecule has 1 aromatic carbocycles. The summed E-state index contributed by atoms with van der Waals surface area (Å²) in [6, 6.07) is 7.03. The highest BCUT2D eigenvalue weighted by Gasteiger charge is 2.03. The van der Waals surface area contributed by atoms with Gasteiger partial charge in [0, 0.05) is 20.3 Å². The number of nitriles is 1. The minimum atomic E-state index is 0.468. The van der Waals surface area contributed by atoms with Crippen LogP contribution in [0.15, 0.2) is 18.2 Å². The minimum absolute atomic E-state index is 0.468. The molecule has 0 aromatic heterocycles. The van der Waals surface area contributed by atoms with Crippen LogP contribution in [0.2, 0.25) is 5.02 Å².